The predicted molar refractivity (Wildman–Crippen MR) is 89.3 cm³/mol. The van der Waals surface area contributed by atoms with E-state index in [0.29, 0.717) is 17.1 Å². The minimum Gasteiger partial charge on any atom is -0.339 e. The van der Waals surface area contributed by atoms with E-state index in [1.165, 1.54) is 16.2 Å². The molecule has 23 heavy (non-hydrogen) atoms. The van der Waals surface area contributed by atoms with E-state index in [1.807, 2.05) is 13.8 Å². The summed E-state index contributed by atoms with van der Waals surface area (Å²) in [7, 11) is 0. The van der Waals surface area contributed by atoms with Crippen molar-refractivity contribution in [2.24, 2.45) is 5.92 Å². The van der Waals surface area contributed by atoms with Gasteiger partial charge in [0.2, 0.25) is 11.8 Å². The molecule has 2 heterocycles. The summed E-state index contributed by atoms with van der Waals surface area (Å²) in [5.41, 5.74) is 1.74. The highest BCUT2D eigenvalue weighted by atomic mass is 32.1. The number of carbonyl (C=O) groups excluding carboxylic acids is 2. The third-order valence-electron chi connectivity index (χ3n) is 4.67. The van der Waals surface area contributed by atoms with Gasteiger partial charge in [-0.1, -0.05) is 0 Å². The molecule has 5 nitrogen and oxygen atoms in total. The highest BCUT2D eigenvalue weighted by Gasteiger charge is 2.36. The second-order valence-electron chi connectivity index (χ2n) is 6.56. The molecule has 1 aliphatic heterocycles. The van der Waals surface area contributed by atoms with E-state index >= 15 is 0 Å². The SMILES string of the molecule is CC(C)N1C[C@H](C(=O)Nc2sc3c(c2C#N)CCCC3)CC1=O. The van der Waals surface area contributed by atoms with Gasteiger partial charge in [-0.25, -0.2) is 0 Å². The third kappa shape index (κ3) is 2.98. The minimum atomic E-state index is -0.324. The van der Waals surface area contributed by atoms with Crippen molar-refractivity contribution in [2.75, 3.05) is 11.9 Å². The van der Waals surface area contributed by atoms with E-state index in [-0.39, 0.29) is 30.2 Å². The zero-order valence-corrected chi connectivity index (χ0v) is 14.3. The first-order valence-corrected chi connectivity index (χ1v) is 8.98. The van der Waals surface area contributed by atoms with Crippen LogP contribution in [0.3, 0.4) is 0 Å². The van der Waals surface area contributed by atoms with E-state index in [2.05, 4.69) is 11.4 Å². The molecule has 2 amide bonds. The Kier molecular flexibility index (Phi) is 4.40. The smallest absolute Gasteiger partial charge is 0.230 e. The molecule has 1 atom stereocenters. The van der Waals surface area contributed by atoms with Crippen molar-refractivity contribution in [3.8, 4) is 6.07 Å². The maximum atomic E-state index is 12.5. The maximum absolute atomic E-state index is 12.5. The van der Waals surface area contributed by atoms with Gasteiger partial charge in [-0.05, 0) is 45.1 Å². The molecule has 0 unspecified atom stereocenters. The summed E-state index contributed by atoms with van der Waals surface area (Å²) < 4.78 is 0. The lowest BCUT2D eigenvalue weighted by molar-refractivity contribution is -0.129. The van der Waals surface area contributed by atoms with Crippen LogP contribution in [0.15, 0.2) is 0 Å². The van der Waals surface area contributed by atoms with Gasteiger partial charge in [0.05, 0.1) is 11.5 Å². The minimum absolute atomic E-state index is 0.0335. The van der Waals surface area contributed by atoms with Gasteiger partial charge in [0, 0.05) is 23.9 Å². The Bertz CT molecular complexity index is 687. The number of aryl methyl sites for hydroxylation is 1. The standard InChI is InChI=1S/C17H21N3O2S/c1-10(2)20-9-11(7-15(20)21)16(22)19-17-13(8-18)12-5-3-4-6-14(12)23-17/h10-11H,3-7,9H2,1-2H3,(H,19,22)/t11-/m1/s1. The van der Waals surface area contributed by atoms with E-state index in [9.17, 15) is 14.9 Å². The molecule has 0 radical (unpaired) electrons. The molecule has 3 rings (SSSR count). The molecule has 1 aliphatic carbocycles. The van der Waals surface area contributed by atoms with E-state index in [4.69, 9.17) is 0 Å². The summed E-state index contributed by atoms with van der Waals surface area (Å²) >= 11 is 1.53. The number of hydrogen-bond acceptors (Lipinski definition) is 4. The number of likely N-dealkylation sites (tertiary alicyclic amines) is 1. The van der Waals surface area contributed by atoms with E-state index < -0.39 is 0 Å². The lowest BCUT2D eigenvalue weighted by Gasteiger charge is -2.20. The van der Waals surface area contributed by atoms with Crippen molar-refractivity contribution in [2.45, 2.75) is 52.0 Å². The molecule has 1 aromatic rings. The summed E-state index contributed by atoms with van der Waals surface area (Å²) in [5.74, 6) is -0.432. The molecule has 1 N–H and O–H groups in total. The molecule has 1 aromatic heterocycles. The Morgan fingerprint density at radius 1 is 1.39 bits per heavy atom. The van der Waals surface area contributed by atoms with Gasteiger partial charge in [0.15, 0.2) is 0 Å². The normalized spacial score (nSPS) is 20.5. The van der Waals surface area contributed by atoms with Crippen LogP contribution in [0.2, 0.25) is 0 Å². The first kappa shape index (κ1) is 16.0. The summed E-state index contributed by atoms with van der Waals surface area (Å²) in [4.78, 5) is 27.5. The Balaban J connectivity index is 1.75. The Hall–Kier alpha value is -1.87. The zero-order chi connectivity index (χ0) is 16.6. The summed E-state index contributed by atoms with van der Waals surface area (Å²) in [5, 5.41) is 13.0. The van der Waals surface area contributed by atoms with Crippen LogP contribution in [-0.4, -0.2) is 29.3 Å². The molecular weight excluding hydrogens is 310 g/mol. The van der Waals surface area contributed by atoms with Crippen LogP contribution in [0.1, 0.15) is 49.1 Å². The second kappa shape index (κ2) is 6.32. The van der Waals surface area contributed by atoms with Gasteiger partial charge >= 0.3 is 0 Å². The van der Waals surface area contributed by atoms with Crippen LogP contribution in [0.4, 0.5) is 5.00 Å². The molecule has 1 saturated heterocycles. The third-order valence-corrected chi connectivity index (χ3v) is 5.88. The van der Waals surface area contributed by atoms with Crippen LogP contribution in [-0.2, 0) is 22.4 Å². The van der Waals surface area contributed by atoms with Gasteiger partial charge in [-0.2, -0.15) is 5.26 Å². The Labute approximate surface area is 140 Å². The fourth-order valence-corrected chi connectivity index (χ4v) is 4.64. The number of anilines is 1. The number of nitrogens with one attached hydrogen (secondary N) is 1. The number of fused-ring (bicyclic) bond motifs is 1. The highest BCUT2D eigenvalue weighted by molar-refractivity contribution is 7.16. The van der Waals surface area contributed by atoms with Crippen molar-refractivity contribution < 1.29 is 9.59 Å². The quantitative estimate of drug-likeness (QED) is 0.925. The van der Waals surface area contributed by atoms with Crippen LogP contribution < -0.4 is 5.32 Å². The maximum Gasteiger partial charge on any atom is 0.230 e. The molecule has 0 aromatic carbocycles. The van der Waals surface area contributed by atoms with Crippen molar-refractivity contribution in [3.63, 3.8) is 0 Å². The summed E-state index contributed by atoms with van der Waals surface area (Å²) in [6, 6.07) is 2.37. The molecule has 122 valence electrons. The Morgan fingerprint density at radius 2 is 2.13 bits per heavy atom. The topological polar surface area (TPSA) is 73.2 Å². The monoisotopic (exact) mass is 331 g/mol. The molecule has 0 spiro atoms. The van der Waals surface area contributed by atoms with Crippen LogP contribution in [0.25, 0.3) is 0 Å². The first-order valence-electron chi connectivity index (χ1n) is 8.16. The van der Waals surface area contributed by atoms with E-state index in [0.717, 1.165) is 31.2 Å². The molecule has 0 bridgehead atoms. The van der Waals surface area contributed by atoms with Gasteiger partial charge < -0.3 is 10.2 Å². The van der Waals surface area contributed by atoms with Gasteiger partial charge in [-0.15, -0.1) is 11.3 Å². The number of nitrogens with zero attached hydrogens (tertiary/aromatic N) is 2. The molecule has 0 saturated carbocycles. The van der Waals surface area contributed by atoms with Gasteiger partial charge in [0.25, 0.3) is 0 Å². The fourth-order valence-electron chi connectivity index (χ4n) is 3.39. The predicted octanol–water partition coefficient (Wildman–Crippen LogP) is 2.69. The van der Waals surface area contributed by atoms with Crippen molar-refractivity contribution in [1.82, 2.24) is 4.90 Å². The summed E-state index contributed by atoms with van der Waals surface area (Å²) in [6.45, 7) is 4.38. The van der Waals surface area contributed by atoms with Crippen LogP contribution in [0, 0.1) is 17.2 Å². The van der Waals surface area contributed by atoms with Crippen LogP contribution in [0.5, 0.6) is 0 Å². The summed E-state index contributed by atoms with van der Waals surface area (Å²) in [6.07, 6.45) is 4.43. The number of nitriles is 1. The van der Waals surface area contributed by atoms with E-state index in [1.54, 1.807) is 4.90 Å². The number of hydrogen-bond donors (Lipinski definition) is 1. The van der Waals surface area contributed by atoms with Gasteiger partial charge in [0.1, 0.15) is 11.1 Å². The largest absolute Gasteiger partial charge is 0.339 e. The molecular formula is C17H21N3O2S. The number of thiophene rings is 1. The van der Waals surface area contributed by atoms with Crippen molar-refractivity contribution >= 4 is 28.2 Å². The zero-order valence-electron chi connectivity index (χ0n) is 13.5. The number of carbonyl (C=O) groups is 2. The van der Waals surface area contributed by atoms with Crippen molar-refractivity contribution in [1.29, 1.82) is 5.26 Å². The highest BCUT2D eigenvalue weighted by Crippen LogP contribution is 2.38. The van der Waals surface area contributed by atoms with Crippen LogP contribution >= 0.6 is 11.3 Å². The second-order valence-corrected chi connectivity index (χ2v) is 7.66. The average molecular weight is 331 g/mol. The lowest BCUT2D eigenvalue weighted by atomic mass is 9.96. The number of amides is 2. The van der Waals surface area contributed by atoms with Gasteiger partial charge in [-0.3, -0.25) is 9.59 Å². The number of rotatable bonds is 3. The molecule has 6 heteroatoms. The molecule has 2 aliphatic rings. The first-order chi connectivity index (χ1) is 11.0. The lowest BCUT2D eigenvalue weighted by Crippen LogP contribution is -2.33. The Morgan fingerprint density at radius 3 is 2.78 bits per heavy atom. The van der Waals surface area contributed by atoms with Crippen molar-refractivity contribution in [3.05, 3.63) is 16.0 Å². The molecule has 1 fully saturated rings. The average Bonchev–Trinajstić information content (AvgIpc) is 3.07. The fraction of sp³-hybridized carbons (Fsp3) is 0.588.